The van der Waals surface area contributed by atoms with E-state index in [-0.39, 0.29) is 12.8 Å². The number of rotatable bonds is 37. The van der Waals surface area contributed by atoms with Gasteiger partial charge in [-0.05, 0) is 57.8 Å². The summed E-state index contributed by atoms with van der Waals surface area (Å²) in [6.45, 7) is 2.49. The summed E-state index contributed by atoms with van der Waals surface area (Å²) in [4.78, 5) is 45.7. The molecular weight excluding hydrogens is 673 g/mol. The Labute approximate surface area is 309 Å². The molecule has 0 aliphatic rings. The number of allylic oxidation sites excluding steroid dienone is 4. The lowest BCUT2D eigenvalue weighted by Crippen LogP contribution is -2.43. The zero-order valence-electron chi connectivity index (χ0n) is 31.9. The van der Waals surface area contributed by atoms with Crippen molar-refractivity contribution in [1.29, 1.82) is 0 Å². The van der Waals surface area contributed by atoms with Crippen molar-refractivity contribution in [2.75, 3.05) is 19.8 Å². The fourth-order valence-corrected chi connectivity index (χ4v) is 6.08. The van der Waals surface area contributed by atoms with Gasteiger partial charge in [-0.1, -0.05) is 128 Å². The first-order valence-electron chi connectivity index (χ1n) is 19.9. The number of amides is 1. The lowest BCUT2D eigenvalue weighted by Gasteiger charge is -2.18. The topological polar surface area (TPSA) is 169 Å². The quantitative estimate of drug-likeness (QED) is 0.0208. The van der Waals surface area contributed by atoms with Crippen molar-refractivity contribution in [1.82, 2.24) is 5.32 Å². The number of phosphoric ester groups is 1. The molecule has 298 valence electrons. The molecule has 0 aromatic rings. The fraction of sp³-hybridized carbons (Fsp3) is 0.821. The highest BCUT2D eigenvalue weighted by Gasteiger charge is 2.28. The van der Waals surface area contributed by atoms with Crippen LogP contribution in [0, 0.1) is 0 Å². The summed E-state index contributed by atoms with van der Waals surface area (Å²) in [5.41, 5.74) is 0. The molecule has 0 bridgehead atoms. The minimum atomic E-state index is -4.75. The number of hydrogen-bond acceptors (Lipinski definition) is 8. The van der Waals surface area contributed by atoms with Crippen LogP contribution in [0.2, 0.25) is 0 Å². The van der Waals surface area contributed by atoms with Crippen LogP contribution in [-0.2, 0) is 32.7 Å². The molecule has 11 nitrogen and oxygen atoms in total. The average molecular weight is 746 g/mol. The largest absolute Gasteiger partial charge is 0.480 e. The van der Waals surface area contributed by atoms with Crippen LogP contribution in [0.1, 0.15) is 174 Å². The lowest BCUT2D eigenvalue weighted by molar-refractivity contribution is -0.147. The van der Waals surface area contributed by atoms with Gasteiger partial charge in [0.25, 0.3) is 0 Å². The minimum Gasteiger partial charge on any atom is -0.480 e. The molecule has 12 heteroatoms. The molecule has 3 atom stereocenters. The standard InChI is InChI=1S/C39H72NO10P/c1-3-5-7-9-11-13-15-16-17-18-19-20-21-22-24-26-28-30-37(42)40-36(39(44)45)34-50-51(46,47)49-33-35(41)32-48-38(43)31-29-27-25-23-14-12-10-8-6-4-2/h8,10,16-17,35-36,41H,3-7,9,11-15,18-34H2,1-2H3,(H,40,42)(H,44,45)(H,46,47)/b10-8-,17-16-. The van der Waals surface area contributed by atoms with Crippen LogP contribution in [0.4, 0.5) is 0 Å². The fourth-order valence-electron chi connectivity index (χ4n) is 5.31. The molecule has 0 aliphatic heterocycles. The van der Waals surface area contributed by atoms with Gasteiger partial charge in [0.1, 0.15) is 12.7 Å². The second kappa shape index (κ2) is 35.0. The van der Waals surface area contributed by atoms with E-state index in [0.717, 1.165) is 77.0 Å². The summed E-state index contributed by atoms with van der Waals surface area (Å²) in [6.07, 6.45) is 33.6. The molecule has 3 unspecified atom stereocenters. The van der Waals surface area contributed by atoms with E-state index in [1.54, 1.807) is 0 Å². The Bertz CT molecular complexity index is 974. The van der Waals surface area contributed by atoms with Crippen molar-refractivity contribution in [3.05, 3.63) is 24.3 Å². The molecule has 0 aromatic carbocycles. The number of carbonyl (C=O) groups is 3. The van der Waals surface area contributed by atoms with E-state index in [0.29, 0.717) is 12.8 Å². The predicted molar refractivity (Wildman–Crippen MR) is 203 cm³/mol. The Hall–Kier alpha value is -2.04. The van der Waals surface area contributed by atoms with Gasteiger partial charge in [0.05, 0.1) is 13.2 Å². The highest BCUT2D eigenvalue weighted by Crippen LogP contribution is 2.43. The van der Waals surface area contributed by atoms with Crippen LogP contribution in [0.3, 0.4) is 0 Å². The highest BCUT2D eigenvalue weighted by atomic mass is 31.2. The smallest absolute Gasteiger partial charge is 0.472 e. The molecular formula is C39H72NO10P. The summed E-state index contributed by atoms with van der Waals surface area (Å²) in [5.74, 6) is -2.39. The Morgan fingerprint density at radius 2 is 1.06 bits per heavy atom. The van der Waals surface area contributed by atoms with Crippen LogP contribution < -0.4 is 5.32 Å². The third-order valence-electron chi connectivity index (χ3n) is 8.44. The third kappa shape index (κ3) is 34.8. The Balaban J connectivity index is 3.95. The average Bonchev–Trinajstić information content (AvgIpc) is 3.10. The minimum absolute atomic E-state index is 0.141. The molecule has 0 rings (SSSR count). The Kier molecular flexibility index (Phi) is 33.6. The molecule has 0 aliphatic carbocycles. The summed E-state index contributed by atoms with van der Waals surface area (Å²) >= 11 is 0. The summed E-state index contributed by atoms with van der Waals surface area (Å²) in [6, 6.07) is -1.55. The number of nitrogens with one attached hydrogen (secondary N) is 1. The number of carboxylic acid groups (broad SMARTS) is 1. The molecule has 0 aromatic heterocycles. The summed E-state index contributed by atoms with van der Waals surface area (Å²) in [5, 5.41) is 21.7. The van der Waals surface area contributed by atoms with Crippen molar-refractivity contribution in [2.45, 2.75) is 187 Å². The molecule has 0 fully saturated rings. The number of esters is 1. The van der Waals surface area contributed by atoms with Gasteiger partial charge in [-0.15, -0.1) is 0 Å². The molecule has 0 saturated carbocycles. The molecule has 0 radical (unpaired) electrons. The van der Waals surface area contributed by atoms with Gasteiger partial charge in [-0.3, -0.25) is 18.6 Å². The number of aliphatic hydroxyl groups excluding tert-OH is 1. The predicted octanol–water partition coefficient (Wildman–Crippen LogP) is 9.50. The maximum Gasteiger partial charge on any atom is 0.472 e. The van der Waals surface area contributed by atoms with Crippen molar-refractivity contribution in [2.24, 2.45) is 0 Å². The molecule has 0 saturated heterocycles. The van der Waals surface area contributed by atoms with E-state index >= 15 is 0 Å². The van der Waals surface area contributed by atoms with Gasteiger partial charge in [0, 0.05) is 12.8 Å². The van der Waals surface area contributed by atoms with E-state index in [1.165, 1.54) is 57.8 Å². The molecule has 51 heavy (non-hydrogen) atoms. The van der Waals surface area contributed by atoms with E-state index in [2.05, 4.69) is 43.5 Å². The van der Waals surface area contributed by atoms with Crippen molar-refractivity contribution >= 4 is 25.7 Å². The second-order valence-electron chi connectivity index (χ2n) is 13.5. The number of carboxylic acids is 1. The van der Waals surface area contributed by atoms with Crippen LogP contribution in [0.5, 0.6) is 0 Å². The molecule has 1 amide bonds. The van der Waals surface area contributed by atoms with E-state index in [4.69, 9.17) is 13.8 Å². The first-order chi connectivity index (χ1) is 24.6. The molecule has 0 heterocycles. The first kappa shape index (κ1) is 49.0. The van der Waals surface area contributed by atoms with Crippen molar-refractivity contribution in [3.63, 3.8) is 0 Å². The lowest BCUT2D eigenvalue weighted by atomic mass is 10.1. The van der Waals surface area contributed by atoms with Crippen LogP contribution >= 0.6 is 7.82 Å². The molecule has 0 spiro atoms. The van der Waals surface area contributed by atoms with Crippen LogP contribution in [-0.4, -0.2) is 64.9 Å². The number of hydrogen-bond donors (Lipinski definition) is 4. The monoisotopic (exact) mass is 745 g/mol. The van der Waals surface area contributed by atoms with E-state index in [1.807, 2.05) is 0 Å². The van der Waals surface area contributed by atoms with Crippen molar-refractivity contribution < 1.29 is 47.8 Å². The maximum atomic E-state index is 12.3. The zero-order valence-corrected chi connectivity index (χ0v) is 32.8. The van der Waals surface area contributed by atoms with E-state index in [9.17, 15) is 34.1 Å². The van der Waals surface area contributed by atoms with Gasteiger partial charge in [-0.25, -0.2) is 9.36 Å². The highest BCUT2D eigenvalue weighted by molar-refractivity contribution is 7.47. The molecule has 4 N–H and O–H groups in total. The number of unbranched alkanes of at least 4 members (excludes halogenated alkanes) is 19. The van der Waals surface area contributed by atoms with Crippen LogP contribution in [0.25, 0.3) is 0 Å². The van der Waals surface area contributed by atoms with Gasteiger partial charge in [0.2, 0.25) is 5.91 Å². The first-order valence-corrected chi connectivity index (χ1v) is 21.4. The SMILES string of the molecule is CCC/C=C\CCCCCCCC(=O)OCC(O)COP(=O)(O)OCC(NC(=O)CCCCCCCCC/C=C\CCCCCCCC)C(=O)O. The Morgan fingerprint density at radius 3 is 1.57 bits per heavy atom. The number of aliphatic carboxylic acids is 1. The number of phosphoric acid groups is 1. The summed E-state index contributed by atoms with van der Waals surface area (Å²) in [7, 11) is -4.75. The third-order valence-corrected chi connectivity index (χ3v) is 9.39. The van der Waals surface area contributed by atoms with Crippen molar-refractivity contribution in [3.8, 4) is 0 Å². The van der Waals surface area contributed by atoms with Gasteiger partial charge >= 0.3 is 19.8 Å². The maximum absolute atomic E-state index is 12.3. The number of aliphatic hydroxyl groups is 1. The second-order valence-corrected chi connectivity index (χ2v) is 14.9. The van der Waals surface area contributed by atoms with Gasteiger partial charge in [0.15, 0.2) is 6.04 Å². The normalized spacial score (nSPS) is 14.1. The van der Waals surface area contributed by atoms with Crippen LogP contribution in [0.15, 0.2) is 24.3 Å². The van der Waals surface area contributed by atoms with Gasteiger partial charge in [-0.2, -0.15) is 0 Å². The van der Waals surface area contributed by atoms with Gasteiger partial charge < -0.3 is 25.2 Å². The van der Waals surface area contributed by atoms with E-state index < -0.39 is 57.6 Å². The number of ether oxygens (including phenoxy) is 1. The summed E-state index contributed by atoms with van der Waals surface area (Å²) < 4.78 is 26.7. The number of carbonyl (C=O) groups excluding carboxylic acids is 2. The zero-order chi connectivity index (χ0) is 37.8. The Morgan fingerprint density at radius 1 is 0.608 bits per heavy atom.